The number of hydrogen-bond donors (Lipinski definition) is 1. The summed E-state index contributed by atoms with van der Waals surface area (Å²) in [4.78, 5) is 0. The van der Waals surface area contributed by atoms with Crippen molar-refractivity contribution in [2.24, 2.45) is 5.92 Å². The molecule has 1 aliphatic rings. The molecule has 106 valence electrons. The van der Waals surface area contributed by atoms with E-state index in [1.54, 1.807) is 0 Å². The van der Waals surface area contributed by atoms with Gasteiger partial charge in [-0.2, -0.15) is 0 Å². The maximum Gasteiger partial charge on any atom is 0.0551 e. The fraction of sp³-hybridized carbons (Fsp3) is 0.600. The Morgan fingerprint density at radius 2 is 2.16 bits per heavy atom. The molecular weight excluding hydrogens is 326 g/mol. The van der Waals surface area contributed by atoms with Gasteiger partial charge in [0.15, 0.2) is 0 Å². The molecule has 19 heavy (non-hydrogen) atoms. The average molecular weight is 347 g/mol. The molecule has 1 unspecified atom stereocenters. The van der Waals surface area contributed by atoms with Crippen LogP contribution in [0.2, 0.25) is 5.02 Å². The monoisotopic (exact) mass is 345 g/mol. The lowest BCUT2D eigenvalue weighted by molar-refractivity contribution is 0.0536. The first-order chi connectivity index (χ1) is 9.22. The Balaban J connectivity index is 2.17. The Labute approximate surface area is 129 Å². The highest BCUT2D eigenvalue weighted by Crippen LogP contribution is 2.33. The number of benzene rings is 1. The van der Waals surface area contributed by atoms with E-state index in [9.17, 15) is 0 Å². The van der Waals surface area contributed by atoms with Gasteiger partial charge in [-0.3, -0.25) is 0 Å². The molecule has 1 aromatic rings. The number of rotatable bonds is 5. The topological polar surface area (TPSA) is 21.3 Å². The van der Waals surface area contributed by atoms with Crippen LogP contribution in [0.3, 0.4) is 0 Å². The third kappa shape index (κ3) is 4.19. The molecule has 0 saturated carbocycles. The molecule has 1 heterocycles. The minimum atomic E-state index is 0.384. The van der Waals surface area contributed by atoms with E-state index in [-0.39, 0.29) is 0 Å². The second kappa shape index (κ2) is 7.63. The summed E-state index contributed by atoms with van der Waals surface area (Å²) in [6.07, 6.45) is 3.38. The predicted molar refractivity (Wildman–Crippen MR) is 83.7 cm³/mol. The van der Waals surface area contributed by atoms with Crippen molar-refractivity contribution < 1.29 is 4.74 Å². The summed E-state index contributed by atoms with van der Waals surface area (Å²) in [7, 11) is 0. The van der Waals surface area contributed by atoms with Crippen LogP contribution in [0.25, 0.3) is 0 Å². The molecule has 0 bridgehead atoms. The molecule has 4 heteroatoms. The van der Waals surface area contributed by atoms with Crippen molar-refractivity contribution in [3.63, 3.8) is 0 Å². The number of nitrogens with one attached hydrogen (secondary N) is 1. The third-order valence-electron chi connectivity index (χ3n) is 3.65. The summed E-state index contributed by atoms with van der Waals surface area (Å²) in [6, 6.07) is 6.67. The molecule has 2 rings (SSSR count). The number of ether oxygens (including phenoxy) is 1. The zero-order valence-electron chi connectivity index (χ0n) is 11.3. The van der Waals surface area contributed by atoms with Crippen LogP contribution >= 0.6 is 27.5 Å². The van der Waals surface area contributed by atoms with E-state index in [1.165, 1.54) is 5.56 Å². The zero-order chi connectivity index (χ0) is 13.7. The van der Waals surface area contributed by atoms with Crippen molar-refractivity contribution in [2.75, 3.05) is 19.8 Å². The van der Waals surface area contributed by atoms with Gasteiger partial charge in [-0.05, 0) is 65.4 Å². The van der Waals surface area contributed by atoms with Gasteiger partial charge in [0.2, 0.25) is 0 Å². The van der Waals surface area contributed by atoms with Gasteiger partial charge in [-0.1, -0.05) is 24.6 Å². The molecular formula is C15H21BrClNO. The summed E-state index contributed by atoms with van der Waals surface area (Å²) in [5.41, 5.74) is 1.29. The highest BCUT2D eigenvalue weighted by molar-refractivity contribution is 9.10. The van der Waals surface area contributed by atoms with Crippen molar-refractivity contribution in [3.05, 3.63) is 33.3 Å². The summed E-state index contributed by atoms with van der Waals surface area (Å²) in [5, 5.41) is 4.46. The van der Waals surface area contributed by atoms with Crippen molar-refractivity contribution in [1.82, 2.24) is 5.32 Å². The normalized spacial score (nSPS) is 18.5. The molecule has 0 aromatic heterocycles. The van der Waals surface area contributed by atoms with Crippen molar-refractivity contribution in [1.29, 1.82) is 0 Å². The van der Waals surface area contributed by atoms with Crippen molar-refractivity contribution in [2.45, 2.75) is 32.2 Å². The van der Waals surface area contributed by atoms with Crippen molar-refractivity contribution >= 4 is 27.5 Å². The van der Waals surface area contributed by atoms with E-state index >= 15 is 0 Å². The Bertz CT molecular complexity index is 407. The van der Waals surface area contributed by atoms with Crippen LogP contribution in [0, 0.1) is 5.92 Å². The van der Waals surface area contributed by atoms with Crippen LogP contribution in [-0.4, -0.2) is 19.8 Å². The standard InChI is InChI=1S/C15H21BrClNO/c1-2-7-18-15(11-5-8-19-9-6-11)12-3-4-13(16)14(17)10-12/h3-4,10-11,15,18H,2,5-9H2,1H3. The number of hydrogen-bond acceptors (Lipinski definition) is 2. The third-order valence-corrected chi connectivity index (χ3v) is 4.89. The van der Waals surface area contributed by atoms with E-state index in [0.29, 0.717) is 12.0 Å². The lowest BCUT2D eigenvalue weighted by atomic mass is 9.87. The lowest BCUT2D eigenvalue weighted by Crippen LogP contribution is -2.32. The number of halogens is 2. The highest BCUT2D eigenvalue weighted by Gasteiger charge is 2.25. The Hall–Kier alpha value is -0.0900. The molecule has 0 aliphatic carbocycles. The molecule has 1 aromatic carbocycles. The van der Waals surface area contributed by atoms with Crippen LogP contribution in [0.4, 0.5) is 0 Å². The largest absolute Gasteiger partial charge is 0.381 e. The average Bonchev–Trinajstić information content (AvgIpc) is 2.44. The van der Waals surface area contributed by atoms with Crippen LogP contribution in [0.5, 0.6) is 0 Å². The van der Waals surface area contributed by atoms with E-state index in [0.717, 1.165) is 48.5 Å². The molecule has 1 atom stereocenters. The van der Waals surface area contributed by atoms with Gasteiger partial charge in [0, 0.05) is 23.7 Å². The predicted octanol–water partition coefficient (Wildman–Crippen LogP) is 4.57. The Kier molecular flexibility index (Phi) is 6.14. The summed E-state index contributed by atoms with van der Waals surface area (Å²) in [5.74, 6) is 0.637. The van der Waals surface area contributed by atoms with Gasteiger partial charge >= 0.3 is 0 Å². The summed E-state index contributed by atoms with van der Waals surface area (Å²) < 4.78 is 6.43. The second-order valence-corrected chi connectivity index (χ2v) is 6.32. The highest BCUT2D eigenvalue weighted by atomic mass is 79.9. The van der Waals surface area contributed by atoms with Crippen LogP contribution in [0.1, 0.15) is 37.8 Å². The SMILES string of the molecule is CCCNC(c1ccc(Br)c(Cl)c1)C1CCOCC1. The lowest BCUT2D eigenvalue weighted by Gasteiger charge is -2.31. The quantitative estimate of drug-likeness (QED) is 0.843. The first-order valence-electron chi connectivity index (χ1n) is 6.98. The maximum absolute atomic E-state index is 6.23. The minimum Gasteiger partial charge on any atom is -0.381 e. The molecule has 0 spiro atoms. The molecule has 2 nitrogen and oxygen atoms in total. The molecule has 1 fully saturated rings. The van der Waals surface area contributed by atoms with Gasteiger partial charge < -0.3 is 10.1 Å². The van der Waals surface area contributed by atoms with Crippen LogP contribution in [0.15, 0.2) is 22.7 Å². The fourth-order valence-corrected chi connectivity index (χ4v) is 3.05. The van der Waals surface area contributed by atoms with E-state index < -0.39 is 0 Å². The molecule has 1 aliphatic heterocycles. The molecule has 0 amide bonds. The Morgan fingerprint density at radius 3 is 2.79 bits per heavy atom. The first-order valence-corrected chi connectivity index (χ1v) is 8.15. The van der Waals surface area contributed by atoms with Gasteiger partial charge in [0.1, 0.15) is 0 Å². The summed E-state index contributed by atoms with van der Waals surface area (Å²) in [6.45, 7) is 4.98. The van der Waals surface area contributed by atoms with Crippen molar-refractivity contribution in [3.8, 4) is 0 Å². The molecule has 1 saturated heterocycles. The van der Waals surface area contributed by atoms with Gasteiger partial charge in [0.05, 0.1) is 5.02 Å². The second-order valence-electron chi connectivity index (χ2n) is 5.06. The van der Waals surface area contributed by atoms with Gasteiger partial charge in [-0.15, -0.1) is 0 Å². The van der Waals surface area contributed by atoms with E-state index in [4.69, 9.17) is 16.3 Å². The first kappa shape index (κ1) is 15.3. The van der Waals surface area contributed by atoms with Crippen LogP contribution in [-0.2, 0) is 4.74 Å². The molecule has 0 radical (unpaired) electrons. The maximum atomic E-state index is 6.23. The smallest absolute Gasteiger partial charge is 0.0551 e. The fourth-order valence-electron chi connectivity index (χ4n) is 2.61. The van der Waals surface area contributed by atoms with Gasteiger partial charge in [-0.25, -0.2) is 0 Å². The summed E-state index contributed by atoms with van der Waals surface area (Å²) >= 11 is 9.69. The minimum absolute atomic E-state index is 0.384. The van der Waals surface area contributed by atoms with Crippen LogP contribution < -0.4 is 5.32 Å². The zero-order valence-corrected chi connectivity index (χ0v) is 13.6. The van der Waals surface area contributed by atoms with E-state index in [1.807, 2.05) is 6.07 Å². The van der Waals surface area contributed by atoms with Gasteiger partial charge in [0.25, 0.3) is 0 Å². The Morgan fingerprint density at radius 1 is 1.42 bits per heavy atom. The molecule has 1 N–H and O–H groups in total. The van der Waals surface area contributed by atoms with E-state index in [2.05, 4.69) is 40.3 Å².